The number of phenols is 1. The molecule has 0 aliphatic rings. The van der Waals surface area contributed by atoms with Crippen LogP contribution in [-0.2, 0) is 6.18 Å². The molecule has 2 nitrogen and oxygen atoms in total. The molecule has 0 unspecified atom stereocenters. The highest BCUT2D eigenvalue weighted by molar-refractivity contribution is 9.10. The van der Waals surface area contributed by atoms with E-state index in [0.29, 0.717) is 0 Å². The summed E-state index contributed by atoms with van der Waals surface area (Å²) in [6, 6.07) is 1.92. The molecule has 0 aliphatic heterocycles. The van der Waals surface area contributed by atoms with E-state index in [-0.39, 0.29) is 4.47 Å². The largest absolute Gasteiger partial charge is 0.506 e. The molecule has 0 heterocycles. The van der Waals surface area contributed by atoms with Crippen molar-refractivity contribution in [3.63, 3.8) is 0 Å². The summed E-state index contributed by atoms with van der Waals surface area (Å²) in [5.41, 5.74) is 3.35. The Hall–Kier alpha value is -0.910. The van der Waals surface area contributed by atoms with Crippen LogP contribution in [0, 0.1) is 0 Å². The Labute approximate surface area is 80.3 Å². The fourth-order valence-electron chi connectivity index (χ4n) is 0.838. The van der Waals surface area contributed by atoms with Crippen LogP contribution in [-0.4, -0.2) is 5.11 Å². The van der Waals surface area contributed by atoms with Gasteiger partial charge in [-0.3, -0.25) is 0 Å². The summed E-state index contributed by atoms with van der Waals surface area (Å²) in [6.07, 6.45) is -4.55. The van der Waals surface area contributed by atoms with E-state index in [1.54, 1.807) is 0 Å². The Morgan fingerprint density at radius 3 is 2.31 bits per heavy atom. The zero-order valence-corrected chi connectivity index (χ0v) is 7.78. The van der Waals surface area contributed by atoms with Gasteiger partial charge >= 0.3 is 6.18 Å². The molecule has 0 fully saturated rings. The third kappa shape index (κ3) is 2.06. The van der Waals surface area contributed by atoms with Gasteiger partial charge in [0.05, 0.1) is 11.3 Å². The fourth-order valence-corrected chi connectivity index (χ4v) is 1.28. The van der Waals surface area contributed by atoms with Crippen molar-refractivity contribution in [3.8, 4) is 5.75 Å². The number of benzene rings is 1. The van der Waals surface area contributed by atoms with Gasteiger partial charge in [-0.15, -0.1) is 0 Å². The van der Waals surface area contributed by atoms with Crippen molar-refractivity contribution in [2.24, 2.45) is 0 Å². The van der Waals surface area contributed by atoms with Gasteiger partial charge in [0.2, 0.25) is 0 Å². The van der Waals surface area contributed by atoms with Gasteiger partial charge in [0.25, 0.3) is 0 Å². The molecule has 0 radical (unpaired) electrons. The molecule has 0 aromatic heterocycles. The molecule has 72 valence electrons. The van der Waals surface area contributed by atoms with Crippen LogP contribution in [0.25, 0.3) is 0 Å². The second-order valence-electron chi connectivity index (χ2n) is 2.38. The quantitative estimate of drug-likeness (QED) is 0.553. The molecule has 3 N–H and O–H groups in total. The number of halogens is 4. The molecule has 1 aromatic rings. The lowest BCUT2D eigenvalue weighted by molar-refractivity contribution is -0.137. The van der Waals surface area contributed by atoms with Gasteiger partial charge in [-0.05, 0) is 12.1 Å². The van der Waals surface area contributed by atoms with Crippen molar-refractivity contribution in [2.75, 3.05) is 5.73 Å². The van der Waals surface area contributed by atoms with Gasteiger partial charge in [-0.2, -0.15) is 13.2 Å². The number of hydrogen-bond acceptors (Lipinski definition) is 2. The molecule has 1 aromatic carbocycles. The first-order valence-corrected chi connectivity index (χ1v) is 3.97. The van der Waals surface area contributed by atoms with Crippen LogP contribution >= 0.6 is 15.9 Å². The molecule has 13 heavy (non-hydrogen) atoms. The highest BCUT2D eigenvalue weighted by atomic mass is 79.9. The minimum atomic E-state index is -4.55. The Morgan fingerprint density at radius 2 is 1.85 bits per heavy atom. The predicted octanol–water partition coefficient (Wildman–Crippen LogP) is 2.76. The number of hydrogen-bond donors (Lipinski definition) is 2. The summed E-state index contributed by atoms with van der Waals surface area (Å²) in [4.78, 5) is 0. The van der Waals surface area contributed by atoms with E-state index in [4.69, 9.17) is 10.8 Å². The lowest BCUT2D eigenvalue weighted by Crippen LogP contribution is -2.08. The van der Waals surface area contributed by atoms with E-state index in [1.807, 2.05) is 0 Å². The highest BCUT2D eigenvalue weighted by Crippen LogP contribution is 2.39. The minimum absolute atomic E-state index is 0.131. The van der Waals surface area contributed by atoms with Gasteiger partial charge in [0.15, 0.2) is 0 Å². The van der Waals surface area contributed by atoms with Crippen molar-refractivity contribution in [1.82, 2.24) is 0 Å². The Kier molecular flexibility index (Phi) is 2.42. The third-order valence-corrected chi connectivity index (χ3v) is 1.89. The first-order valence-electron chi connectivity index (χ1n) is 3.17. The molecule has 0 saturated heterocycles. The zero-order chi connectivity index (χ0) is 10.2. The van der Waals surface area contributed by atoms with E-state index in [1.165, 1.54) is 0 Å². The zero-order valence-electron chi connectivity index (χ0n) is 6.19. The van der Waals surface area contributed by atoms with E-state index in [9.17, 15) is 13.2 Å². The second kappa shape index (κ2) is 3.10. The Morgan fingerprint density at radius 1 is 1.31 bits per heavy atom. The molecular weight excluding hydrogens is 251 g/mol. The van der Waals surface area contributed by atoms with Crippen LogP contribution in [0.2, 0.25) is 0 Å². The van der Waals surface area contributed by atoms with Crippen molar-refractivity contribution >= 4 is 21.6 Å². The number of nitrogen functional groups attached to an aromatic ring is 1. The SMILES string of the molecule is Nc1c(O)cc(Br)cc1C(F)(F)F. The van der Waals surface area contributed by atoms with Crippen LogP contribution < -0.4 is 5.73 Å². The van der Waals surface area contributed by atoms with Crippen LogP contribution in [0.3, 0.4) is 0 Å². The van der Waals surface area contributed by atoms with E-state index >= 15 is 0 Å². The maximum atomic E-state index is 12.2. The van der Waals surface area contributed by atoms with Crippen LogP contribution in [0.4, 0.5) is 18.9 Å². The van der Waals surface area contributed by atoms with Crippen LogP contribution in [0.15, 0.2) is 16.6 Å². The predicted molar refractivity (Wildman–Crippen MR) is 45.2 cm³/mol. The normalized spacial score (nSPS) is 11.7. The van der Waals surface area contributed by atoms with Gasteiger partial charge in [-0.25, -0.2) is 0 Å². The molecule has 0 spiro atoms. The molecule has 0 amide bonds. The maximum absolute atomic E-state index is 12.2. The Balaban J connectivity index is 3.37. The van der Waals surface area contributed by atoms with Gasteiger partial charge < -0.3 is 10.8 Å². The van der Waals surface area contributed by atoms with Gasteiger partial charge in [0, 0.05) is 4.47 Å². The van der Waals surface area contributed by atoms with Crippen LogP contribution in [0.5, 0.6) is 5.75 Å². The topological polar surface area (TPSA) is 46.2 Å². The Bertz CT molecular complexity index is 337. The summed E-state index contributed by atoms with van der Waals surface area (Å²) in [6.45, 7) is 0. The van der Waals surface area contributed by atoms with Gasteiger partial charge in [-0.1, -0.05) is 15.9 Å². The second-order valence-corrected chi connectivity index (χ2v) is 3.30. The number of rotatable bonds is 0. The first-order chi connectivity index (χ1) is 5.82. The van der Waals surface area contributed by atoms with Crippen molar-refractivity contribution in [1.29, 1.82) is 0 Å². The number of nitrogens with two attached hydrogens (primary N) is 1. The van der Waals surface area contributed by atoms with Gasteiger partial charge in [0.1, 0.15) is 5.75 Å². The highest BCUT2D eigenvalue weighted by Gasteiger charge is 2.34. The van der Waals surface area contributed by atoms with E-state index in [2.05, 4.69) is 15.9 Å². The molecule has 0 saturated carbocycles. The summed E-state index contributed by atoms with van der Waals surface area (Å²) in [7, 11) is 0. The standard InChI is InChI=1S/C7H5BrF3NO/c8-3-1-4(7(9,10)11)6(12)5(13)2-3/h1-2,13H,12H2. The number of phenolic OH excluding ortho intramolecular Hbond substituents is 1. The number of anilines is 1. The maximum Gasteiger partial charge on any atom is 0.418 e. The average molecular weight is 256 g/mol. The molecule has 0 atom stereocenters. The van der Waals surface area contributed by atoms with Crippen LogP contribution in [0.1, 0.15) is 5.56 Å². The summed E-state index contributed by atoms with van der Waals surface area (Å²) >= 11 is 2.82. The summed E-state index contributed by atoms with van der Waals surface area (Å²) < 4.78 is 36.7. The molecule has 0 bridgehead atoms. The van der Waals surface area contributed by atoms with E-state index < -0.39 is 23.2 Å². The molecule has 0 aliphatic carbocycles. The molecule has 6 heteroatoms. The summed E-state index contributed by atoms with van der Waals surface area (Å²) in [5.74, 6) is -0.582. The lowest BCUT2D eigenvalue weighted by atomic mass is 10.1. The van der Waals surface area contributed by atoms with Crippen molar-refractivity contribution < 1.29 is 18.3 Å². The monoisotopic (exact) mass is 255 g/mol. The average Bonchev–Trinajstić information content (AvgIpc) is 1.94. The summed E-state index contributed by atoms with van der Waals surface area (Å²) in [5, 5.41) is 8.99. The molecular formula is C7H5BrF3NO. The first kappa shape index (κ1) is 10.2. The van der Waals surface area contributed by atoms with Crippen molar-refractivity contribution in [3.05, 3.63) is 22.2 Å². The fraction of sp³-hybridized carbons (Fsp3) is 0.143. The van der Waals surface area contributed by atoms with E-state index in [0.717, 1.165) is 12.1 Å². The minimum Gasteiger partial charge on any atom is -0.506 e. The number of aromatic hydroxyl groups is 1. The van der Waals surface area contributed by atoms with Crippen molar-refractivity contribution in [2.45, 2.75) is 6.18 Å². The smallest absolute Gasteiger partial charge is 0.418 e. The third-order valence-electron chi connectivity index (χ3n) is 1.43. The number of alkyl halides is 3. The molecule has 1 rings (SSSR count). The lowest BCUT2D eigenvalue weighted by Gasteiger charge is -2.11.